The Morgan fingerprint density at radius 1 is 1.48 bits per heavy atom. The Balaban J connectivity index is 1.70. The molecule has 0 amide bonds. The minimum Gasteiger partial charge on any atom is -0.384 e. The molecular formula is C16H21FN4O2. The Labute approximate surface area is 134 Å². The summed E-state index contributed by atoms with van der Waals surface area (Å²) in [7, 11) is 1.64. The maximum Gasteiger partial charge on any atom is 0.240 e. The van der Waals surface area contributed by atoms with Crippen LogP contribution in [0.3, 0.4) is 0 Å². The number of nitrogens with zero attached hydrogens (tertiary/aromatic N) is 3. The minimum absolute atomic E-state index is 0.0915. The molecule has 1 atom stereocenters. The molecule has 0 bridgehead atoms. The molecule has 124 valence electrons. The number of nitrogens with one attached hydrogen (secondary N) is 1. The van der Waals surface area contributed by atoms with Crippen molar-refractivity contribution in [1.82, 2.24) is 20.4 Å². The lowest BCUT2D eigenvalue weighted by molar-refractivity contribution is 0.135. The minimum atomic E-state index is -0.215. The Morgan fingerprint density at radius 2 is 2.39 bits per heavy atom. The summed E-state index contributed by atoms with van der Waals surface area (Å²) in [6.07, 6.45) is 0.634. The van der Waals surface area contributed by atoms with Gasteiger partial charge in [-0.3, -0.25) is 4.90 Å². The molecule has 1 N–H and O–H groups in total. The number of hydrogen-bond acceptors (Lipinski definition) is 6. The Morgan fingerprint density at radius 3 is 3.22 bits per heavy atom. The van der Waals surface area contributed by atoms with Crippen LogP contribution in [0.1, 0.15) is 23.3 Å². The summed E-state index contributed by atoms with van der Waals surface area (Å²) in [4.78, 5) is 6.63. The molecule has 1 saturated heterocycles. The predicted octanol–water partition coefficient (Wildman–Crippen LogP) is 1.54. The van der Waals surface area contributed by atoms with Gasteiger partial charge >= 0.3 is 0 Å². The van der Waals surface area contributed by atoms with Crippen LogP contribution in [0.25, 0.3) is 0 Å². The SMILES string of the molecule is COCCc1noc(CN2CCNCC2c2cccc(F)c2)n1. The smallest absolute Gasteiger partial charge is 0.240 e. The second-order valence-electron chi connectivity index (χ2n) is 5.59. The summed E-state index contributed by atoms with van der Waals surface area (Å²) < 4.78 is 23.8. The third-order valence-electron chi connectivity index (χ3n) is 3.97. The lowest BCUT2D eigenvalue weighted by atomic mass is 10.0. The summed E-state index contributed by atoms with van der Waals surface area (Å²) in [6, 6.07) is 6.83. The standard InChI is InChI=1S/C16H21FN4O2/c1-22-8-5-15-19-16(23-20-15)11-21-7-6-18-10-14(21)12-3-2-4-13(17)9-12/h2-4,9,14,18H,5-8,10-11H2,1H3. The Hall–Kier alpha value is -1.83. The van der Waals surface area contributed by atoms with Gasteiger partial charge in [0, 0.05) is 39.2 Å². The monoisotopic (exact) mass is 320 g/mol. The summed E-state index contributed by atoms with van der Waals surface area (Å²) in [5.41, 5.74) is 0.955. The van der Waals surface area contributed by atoms with Crippen LogP contribution in [0.2, 0.25) is 0 Å². The normalized spacial score (nSPS) is 19.1. The highest BCUT2D eigenvalue weighted by Crippen LogP contribution is 2.24. The molecule has 1 aliphatic heterocycles. The first kappa shape index (κ1) is 16.0. The van der Waals surface area contributed by atoms with Gasteiger partial charge in [0.1, 0.15) is 5.82 Å². The first-order valence-corrected chi connectivity index (χ1v) is 7.77. The molecule has 0 radical (unpaired) electrons. The van der Waals surface area contributed by atoms with E-state index in [0.717, 1.165) is 25.2 Å². The largest absolute Gasteiger partial charge is 0.384 e. The number of halogens is 1. The second-order valence-corrected chi connectivity index (χ2v) is 5.59. The fourth-order valence-electron chi connectivity index (χ4n) is 2.80. The average Bonchev–Trinajstić information content (AvgIpc) is 3.01. The summed E-state index contributed by atoms with van der Waals surface area (Å²) >= 11 is 0. The van der Waals surface area contributed by atoms with Crippen molar-refractivity contribution >= 4 is 0 Å². The lowest BCUT2D eigenvalue weighted by Crippen LogP contribution is -2.45. The van der Waals surface area contributed by atoms with Crippen molar-refractivity contribution in [2.24, 2.45) is 0 Å². The fraction of sp³-hybridized carbons (Fsp3) is 0.500. The van der Waals surface area contributed by atoms with Gasteiger partial charge in [0.2, 0.25) is 5.89 Å². The first-order chi connectivity index (χ1) is 11.3. The number of methoxy groups -OCH3 is 1. The van der Waals surface area contributed by atoms with Gasteiger partial charge in [-0.2, -0.15) is 4.98 Å². The summed E-state index contributed by atoms with van der Waals surface area (Å²) in [5, 5.41) is 7.32. The van der Waals surface area contributed by atoms with Crippen molar-refractivity contribution in [3.63, 3.8) is 0 Å². The molecular weight excluding hydrogens is 299 g/mol. The van der Waals surface area contributed by atoms with Crippen LogP contribution in [0.4, 0.5) is 4.39 Å². The van der Waals surface area contributed by atoms with E-state index in [1.54, 1.807) is 19.2 Å². The molecule has 0 aliphatic carbocycles. The molecule has 1 unspecified atom stereocenters. The number of aromatic nitrogens is 2. The quantitative estimate of drug-likeness (QED) is 0.871. The van der Waals surface area contributed by atoms with E-state index in [2.05, 4.69) is 20.4 Å². The maximum atomic E-state index is 13.5. The maximum absolute atomic E-state index is 13.5. The van der Waals surface area contributed by atoms with Crippen LogP contribution in [0.5, 0.6) is 0 Å². The van der Waals surface area contributed by atoms with Crippen LogP contribution < -0.4 is 5.32 Å². The molecule has 3 rings (SSSR count). The van der Waals surface area contributed by atoms with Crippen LogP contribution in [0.15, 0.2) is 28.8 Å². The van der Waals surface area contributed by atoms with Crippen molar-refractivity contribution in [3.8, 4) is 0 Å². The number of ether oxygens (including phenoxy) is 1. The van der Waals surface area contributed by atoms with Crippen LogP contribution >= 0.6 is 0 Å². The van der Waals surface area contributed by atoms with E-state index in [1.165, 1.54) is 6.07 Å². The van der Waals surface area contributed by atoms with Gasteiger partial charge in [-0.1, -0.05) is 17.3 Å². The van der Waals surface area contributed by atoms with Gasteiger partial charge in [-0.15, -0.1) is 0 Å². The van der Waals surface area contributed by atoms with Crippen LogP contribution in [-0.2, 0) is 17.7 Å². The topological polar surface area (TPSA) is 63.4 Å². The highest BCUT2D eigenvalue weighted by Gasteiger charge is 2.25. The number of rotatable bonds is 6. The predicted molar refractivity (Wildman–Crippen MR) is 82.3 cm³/mol. The summed E-state index contributed by atoms with van der Waals surface area (Å²) in [6.45, 7) is 3.63. The van der Waals surface area contributed by atoms with Crippen LogP contribution in [0, 0.1) is 5.82 Å². The third kappa shape index (κ3) is 4.13. The molecule has 0 saturated carbocycles. The number of hydrogen-bond donors (Lipinski definition) is 1. The average molecular weight is 320 g/mol. The van der Waals surface area contributed by atoms with Gasteiger partial charge in [0.15, 0.2) is 5.82 Å². The highest BCUT2D eigenvalue weighted by atomic mass is 19.1. The Bertz CT molecular complexity index is 634. The van der Waals surface area contributed by atoms with E-state index in [-0.39, 0.29) is 11.9 Å². The number of piperazine rings is 1. The van der Waals surface area contributed by atoms with Gasteiger partial charge in [0.25, 0.3) is 0 Å². The second kappa shape index (κ2) is 7.63. The van der Waals surface area contributed by atoms with Crippen molar-refractivity contribution in [2.45, 2.75) is 19.0 Å². The van der Waals surface area contributed by atoms with Gasteiger partial charge in [-0.25, -0.2) is 4.39 Å². The van der Waals surface area contributed by atoms with Crippen LogP contribution in [-0.4, -0.2) is 48.4 Å². The zero-order valence-electron chi connectivity index (χ0n) is 13.2. The highest BCUT2D eigenvalue weighted by molar-refractivity contribution is 5.21. The molecule has 1 aliphatic rings. The van der Waals surface area contributed by atoms with Crippen molar-refractivity contribution in [1.29, 1.82) is 0 Å². The van der Waals surface area contributed by atoms with E-state index in [1.807, 2.05) is 6.07 Å². The molecule has 1 fully saturated rings. The molecule has 7 heteroatoms. The fourth-order valence-corrected chi connectivity index (χ4v) is 2.80. The Kier molecular flexibility index (Phi) is 5.32. The van der Waals surface area contributed by atoms with E-state index < -0.39 is 0 Å². The van der Waals surface area contributed by atoms with E-state index in [4.69, 9.17) is 9.26 Å². The summed E-state index contributed by atoms with van der Waals surface area (Å²) in [5.74, 6) is 1.02. The molecule has 6 nitrogen and oxygen atoms in total. The molecule has 1 aromatic heterocycles. The van der Waals surface area contributed by atoms with E-state index in [9.17, 15) is 4.39 Å². The van der Waals surface area contributed by atoms with Crippen molar-refractivity contribution in [2.75, 3.05) is 33.4 Å². The zero-order valence-corrected chi connectivity index (χ0v) is 13.2. The van der Waals surface area contributed by atoms with Crippen molar-refractivity contribution in [3.05, 3.63) is 47.4 Å². The number of benzene rings is 1. The van der Waals surface area contributed by atoms with Gasteiger partial charge in [0.05, 0.1) is 13.2 Å². The third-order valence-corrected chi connectivity index (χ3v) is 3.97. The molecule has 0 spiro atoms. The van der Waals surface area contributed by atoms with Gasteiger partial charge in [-0.05, 0) is 17.7 Å². The molecule has 23 heavy (non-hydrogen) atoms. The van der Waals surface area contributed by atoms with Crippen molar-refractivity contribution < 1.29 is 13.7 Å². The zero-order chi connectivity index (χ0) is 16.1. The van der Waals surface area contributed by atoms with Gasteiger partial charge < -0.3 is 14.6 Å². The van der Waals surface area contributed by atoms with E-state index in [0.29, 0.717) is 31.3 Å². The molecule has 2 aromatic rings. The molecule has 1 aromatic carbocycles. The van der Waals surface area contributed by atoms with E-state index >= 15 is 0 Å². The lowest BCUT2D eigenvalue weighted by Gasteiger charge is -2.35. The first-order valence-electron chi connectivity index (χ1n) is 7.77. The molecule has 2 heterocycles.